The number of rotatable bonds is 3. The lowest BCUT2D eigenvalue weighted by molar-refractivity contribution is 0.154. The topological polar surface area (TPSA) is 47.0 Å². The first-order chi connectivity index (χ1) is 6.95. The van der Waals surface area contributed by atoms with Crippen LogP contribution in [-0.2, 0) is 4.74 Å². The Labute approximate surface area is 83.0 Å². The van der Waals surface area contributed by atoms with Crippen molar-refractivity contribution in [1.82, 2.24) is 9.97 Å². The van der Waals surface area contributed by atoms with Gasteiger partial charge in [0, 0.05) is 12.7 Å². The molecular weight excluding hydrogens is 178 g/mol. The van der Waals surface area contributed by atoms with Crippen molar-refractivity contribution in [3.63, 3.8) is 0 Å². The minimum Gasteiger partial charge on any atom is -0.377 e. The SMILES string of the molecule is C1=C(CNc2ccncn2)CCOC1. The third-order valence-electron chi connectivity index (χ3n) is 2.14. The highest BCUT2D eigenvalue weighted by Gasteiger charge is 2.02. The maximum Gasteiger partial charge on any atom is 0.129 e. The fourth-order valence-corrected chi connectivity index (χ4v) is 1.33. The van der Waals surface area contributed by atoms with E-state index in [2.05, 4.69) is 21.4 Å². The molecule has 2 heterocycles. The van der Waals surface area contributed by atoms with E-state index in [4.69, 9.17) is 4.74 Å². The molecule has 74 valence electrons. The van der Waals surface area contributed by atoms with Crippen molar-refractivity contribution in [2.45, 2.75) is 6.42 Å². The lowest BCUT2D eigenvalue weighted by Gasteiger charge is -2.14. The summed E-state index contributed by atoms with van der Waals surface area (Å²) < 4.78 is 5.22. The first kappa shape index (κ1) is 9.15. The Hall–Kier alpha value is -1.42. The number of nitrogens with zero attached hydrogens (tertiary/aromatic N) is 2. The van der Waals surface area contributed by atoms with Crippen LogP contribution < -0.4 is 5.32 Å². The minimum absolute atomic E-state index is 0.737. The van der Waals surface area contributed by atoms with Crippen LogP contribution in [0.25, 0.3) is 0 Å². The highest BCUT2D eigenvalue weighted by atomic mass is 16.5. The molecule has 0 amide bonds. The van der Waals surface area contributed by atoms with Gasteiger partial charge in [-0.05, 0) is 12.5 Å². The molecule has 0 saturated heterocycles. The average Bonchev–Trinajstić information content (AvgIpc) is 2.29. The summed E-state index contributed by atoms with van der Waals surface area (Å²) >= 11 is 0. The van der Waals surface area contributed by atoms with Gasteiger partial charge in [0.05, 0.1) is 13.2 Å². The quantitative estimate of drug-likeness (QED) is 0.730. The smallest absolute Gasteiger partial charge is 0.129 e. The van der Waals surface area contributed by atoms with Crippen LogP contribution in [0.15, 0.2) is 30.2 Å². The molecule has 0 spiro atoms. The Bertz CT molecular complexity index is 310. The molecule has 1 aromatic heterocycles. The Kier molecular flexibility index (Phi) is 3.08. The molecule has 4 nitrogen and oxygen atoms in total. The Balaban J connectivity index is 1.85. The molecule has 14 heavy (non-hydrogen) atoms. The number of hydrogen-bond acceptors (Lipinski definition) is 4. The number of hydrogen-bond donors (Lipinski definition) is 1. The fourth-order valence-electron chi connectivity index (χ4n) is 1.33. The van der Waals surface area contributed by atoms with E-state index in [9.17, 15) is 0 Å². The standard InChI is InChI=1S/C10H13N3O/c1-4-11-8-13-10(1)12-7-9-2-5-14-6-3-9/h1-2,4,8H,3,5-7H2,(H,11,12,13). The molecule has 0 aliphatic carbocycles. The summed E-state index contributed by atoms with van der Waals surface area (Å²) in [6.45, 7) is 2.42. The van der Waals surface area contributed by atoms with E-state index in [-0.39, 0.29) is 0 Å². The lowest BCUT2D eigenvalue weighted by Crippen LogP contribution is -2.12. The van der Waals surface area contributed by atoms with E-state index in [1.54, 1.807) is 12.5 Å². The molecule has 1 aliphatic heterocycles. The average molecular weight is 191 g/mol. The van der Waals surface area contributed by atoms with E-state index in [0.29, 0.717) is 0 Å². The van der Waals surface area contributed by atoms with Crippen LogP contribution in [-0.4, -0.2) is 29.7 Å². The maximum atomic E-state index is 5.22. The van der Waals surface area contributed by atoms with Crippen LogP contribution >= 0.6 is 0 Å². The third-order valence-corrected chi connectivity index (χ3v) is 2.14. The highest BCUT2D eigenvalue weighted by Crippen LogP contribution is 2.08. The van der Waals surface area contributed by atoms with Crippen LogP contribution in [0.3, 0.4) is 0 Å². The van der Waals surface area contributed by atoms with Gasteiger partial charge in [-0.1, -0.05) is 11.6 Å². The number of anilines is 1. The summed E-state index contributed by atoms with van der Waals surface area (Å²) in [6, 6.07) is 1.86. The molecule has 0 aromatic carbocycles. The fraction of sp³-hybridized carbons (Fsp3) is 0.400. The van der Waals surface area contributed by atoms with Crippen molar-refractivity contribution in [2.75, 3.05) is 25.1 Å². The number of ether oxygens (including phenoxy) is 1. The van der Waals surface area contributed by atoms with Crippen LogP contribution in [0.2, 0.25) is 0 Å². The second-order valence-corrected chi connectivity index (χ2v) is 3.14. The van der Waals surface area contributed by atoms with Gasteiger partial charge < -0.3 is 10.1 Å². The molecule has 0 saturated carbocycles. The molecule has 0 unspecified atom stereocenters. The summed E-state index contributed by atoms with van der Waals surface area (Å²) in [6.07, 6.45) is 6.41. The maximum absolute atomic E-state index is 5.22. The Morgan fingerprint density at radius 1 is 1.50 bits per heavy atom. The molecular formula is C10H13N3O. The molecule has 1 aromatic rings. The third kappa shape index (κ3) is 2.53. The van der Waals surface area contributed by atoms with Crippen molar-refractivity contribution >= 4 is 5.82 Å². The first-order valence-corrected chi connectivity index (χ1v) is 4.71. The van der Waals surface area contributed by atoms with E-state index in [0.717, 1.165) is 32.0 Å². The molecule has 0 bridgehead atoms. The largest absolute Gasteiger partial charge is 0.377 e. The molecule has 0 atom stereocenters. The van der Waals surface area contributed by atoms with Gasteiger partial charge in [0.15, 0.2) is 0 Å². The second-order valence-electron chi connectivity index (χ2n) is 3.14. The van der Waals surface area contributed by atoms with Crippen molar-refractivity contribution < 1.29 is 4.74 Å². The van der Waals surface area contributed by atoms with Crippen molar-refractivity contribution in [2.24, 2.45) is 0 Å². The predicted octanol–water partition coefficient (Wildman–Crippen LogP) is 1.24. The van der Waals surface area contributed by atoms with Gasteiger partial charge in [-0.2, -0.15) is 0 Å². The van der Waals surface area contributed by atoms with Crippen molar-refractivity contribution in [3.05, 3.63) is 30.2 Å². The highest BCUT2D eigenvalue weighted by molar-refractivity contribution is 5.33. The summed E-state index contributed by atoms with van der Waals surface area (Å²) in [5.41, 5.74) is 1.38. The number of nitrogens with one attached hydrogen (secondary N) is 1. The predicted molar refractivity (Wildman–Crippen MR) is 54.0 cm³/mol. The zero-order chi connectivity index (χ0) is 9.64. The minimum atomic E-state index is 0.737. The van der Waals surface area contributed by atoms with E-state index in [1.807, 2.05) is 6.07 Å². The van der Waals surface area contributed by atoms with Gasteiger partial charge in [0.25, 0.3) is 0 Å². The summed E-state index contributed by atoms with van der Waals surface area (Å²) in [5.74, 6) is 0.868. The molecule has 4 heteroatoms. The van der Waals surface area contributed by atoms with Gasteiger partial charge in [0.2, 0.25) is 0 Å². The summed E-state index contributed by atoms with van der Waals surface area (Å²) in [5, 5.41) is 3.24. The van der Waals surface area contributed by atoms with Crippen molar-refractivity contribution in [1.29, 1.82) is 0 Å². The first-order valence-electron chi connectivity index (χ1n) is 4.71. The van der Waals surface area contributed by atoms with Crippen LogP contribution in [0.5, 0.6) is 0 Å². The van der Waals surface area contributed by atoms with E-state index in [1.165, 1.54) is 5.57 Å². The summed E-state index contributed by atoms with van der Waals surface area (Å²) in [7, 11) is 0. The summed E-state index contributed by atoms with van der Waals surface area (Å²) in [4.78, 5) is 7.94. The molecule has 2 rings (SSSR count). The van der Waals surface area contributed by atoms with Gasteiger partial charge in [-0.3, -0.25) is 0 Å². The van der Waals surface area contributed by atoms with Crippen LogP contribution in [0.1, 0.15) is 6.42 Å². The molecule has 0 fully saturated rings. The van der Waals surface area contributed by atoms with E-state index < -0.39 is 0 Å². The molecule has 1 aliphatic rings. The Morgan fingerprint density at radius 2 is 2.50 bits per heavy atom. The van der Waals surface area contributed by atoms with Gasteiger partial charge >= 0.3 is 0 Å². The molecule has 1 N–H and O–H groups in total. The van der Waals surface area contributed by atoms with Crippen molar-refractivity contribution in [3.8, 4) is 0 Å². The lowest BCUT2D eigenvalue weighted by atomic mass is 10.1. The second kappa shape index (κ2) is 4.72. The van der Waals surface area contributed by atoms with E-state index >= 15 is 0 Å². The Morgan fingerprint density at radius 3 is 3.21 bits per heavy atom. The van der Waals surface area contributed by atoms with Crippen LogP contribution in [0.4, 0.5) is 5.82 Å². The number of aromatic nitrogens is 2. The zero-order valence-corrected chi connectivity index (χ0v) is 7.94. The van der Waals surface area contributed by atoms with Gasteiger partial charge in [-0.25, -0.2) is 9.97 Å². The molecule has 0 radical (unpaired) electrons. The zero-order valence-electron chi connectivity index (χ0n) is 7.94. The monoisotopic (exact) mass is 191 g/mol. The van der Waals surface area contributed by atoms with Crippen LogP contribution in [0, 0.1) is 0 Å². The van der Waals surface area contributed by atoms with Gasteiger partial charge in [0.1, 0.15) is 12.1 Å². The normalized spacial score (nSPS) is 16.1. The van der Waals surface area contributed by atoms with Gasteiger partial charge in [-0.15, -0.1) is 0 Å².